The number of benzene rings is 2. The predicted octanol–water partition coefficient (Wildman–Crippen LogP) is 7.17. The Morgan fingerprint density at radius 2 is 1.48 bits per heavy atom. The fourth-order valence-electron chi connectivity index (χ4n) is 5.60. The summed E-state index contributed by atoms with van der Waals surface area (Å²) in [5, 5.41) is 48.7. The van der Waals surface area contributed by atoms with Crippen LogP contribution in [-0.2, 0) is 24.9 Å². The van der Waals surface area contributed by atoms with Gasteiger partial charge in [0.2, 0.25) is 5.91 Å². The van der Waals surface area contributed by atoms with Gasteiger partial charge in [0.25, 0.3) is 0 Å². The lowest BCUT2D eigenvalue weighted by atomic mass is 9.96. The maximum Gasteiger partial charge on any atom is 0.490 e. The molecule has 1 aliphatic heterocycles. The van der Waals surface area contributed by atoms with Gasteiger partial charge in [0, 0.05) is 40.4 Å². The first-order chi connectivity index (χ1) is 31.0. The summed E-state index contributed by atoms with van der Waals surface area (Å²) in [7, 11) is 0. The summed E-state index contributed by atoms with van der Waals surface area (Å²) >= 11 is 8.98. The van der Waals surface area contributed by atoms with Crippen LogP contribution < -0.4 is 21.1 Å². The average molecular weight is 987 g/mol. The fraction of sp³-hybridized carbons (Fsp3) is 0.366. The van der Waals surface area contributed by atoms with Crippen molar-refractivity contribution in [1.29, 1.82) is 10.5 Å². The summed E-state index contributed by atoms with van der Waals surface area (Å²) in [5.74, 6) is -5.63. The third-order valence-corrected chi connectivity index (χ3v) is 11.3. The van der Waals surface area contributed by atoms with Gasteiger partial charge in [0.1, 0.15) is 52.0 Å². The van der Waals surface area contributed by atoms with Crippen LogP contribution in [0.25, 0.3) is 21.7 Å². The van der Waals surface area contributed by atoms with Gasteiger partial charge in [-0.1, -0.05) is 54.0 Å². The van der Waals surface area contributed by atoms with E-state index in [-0.39, 0.29) is 13.2 Å². The number of alkyl halides is 6. The average Bonchev–Trinajstić information content (AvgIpc) is 3.72. The smallest absolute Gasteiger partial charge is 0.490 e. The van der Waals surface area contributed by atoms with Gasteiger partial charge in [-0.3, -0.25) is 4.79 Å². The van der Waals surface area contributed by atoms with Gasteiger partial charge in [0.15, 0.2) is 0 Å². The number of aliphatic carboxylic acids is 3. The summed E-state index contributed by atoms with van der Waals surface area (Å²) in [6.45, 7) is 3.49. The van der Waals surface area contributed by atoms with Gasteiger partial charge >= 0.3 is 30.3 Å². The Labute approximate surface area is 386 Å². The highest BCUT2D eigenvalue weighted by molar-refractivity contribution is 7.98. The van der Waals surface area contributed by atoms with E-state index >= 15 is 0 Å². The number of halogens is 7. The third-order valence-electron chi connectivity index (χ3n) is 9.15. The van der Waals surface area contributed by atoms with E-state index in [1.54, 1.807) is 24.3 Å². The number of unbranched alkanes of at least 4 members (excludes halogenated alkanes) is 1. The van der Waals surface area contributed by atoms with Crippen LogP contribution >= 0.6 is 34.7 Å². The minimum atomic E-state index is -5.08. The topological polar surface area (TPSA) is 270 Å². The Balaban J connectivity index is 0.000000715. The summed E-state index contributed by atoms with van der Waals surface area (Å²) in [5.41, 5.74) is 15.2. The lowest BCUT2D eigenvalue weighted by molar-refractivity contribution is -0.193. The number of ether oxygens (including phenoxy) is 1. The van der Waals surface area contributed by atoms with Crippen molar-refractivity contribution in [2.45, 2.75) is 67.8 Å². The van der Waals surface area contributed by atoms with E-state index in [0.29, 0.717) is 69.0 Å². The summed E-state index contributed by atoms with van der Waals surface area (Å²) in [4.78, 5) is 55.5. The molecule has 0 aliphatic carbocycles. The van der Waals surface area contributed by atoms with E-state index in [1.165, 1.54) is 34.9 Å². The van der Waals surface area contributed by atoms with Crippen molar-refractivity contribution in [1.82, 2.24) is 14.9 Å². The van der Waals surface area contributed by atoms with E-state index < -0.39 is 48.3 Å². The maximum absolute atomic E-state index is 13.1. The first-order valence-corrected chi connectivity index (χ1v) is 21.6. The number of rotatable bonds is 17. The Bertz CT molecular complexity index is 2370. The number of carbonyl (C=O) groups is 4. The van der Waals surface area contributed by atoms with Crippen molar-refractivity contribution < 1.29 is 65.6 Å². The number of carboxylic acids is 3. The lowest BCUT2D eigenvalue weighted by Crippen LogP contribution is -2.51. The van der Waals surface area contributed by atoms with E-state index in [2.05, 4.69) is 12.1 Å². The molecular formula is C41H41ClF6N8O8S2. The maximum atomic E-state index is 13.1. The number of thioether (sulfide) groups is 1. The van der Waals surface area contributed by atoms with Crippen molar-refractivity contribution in [2.75, 3.05) is 37.7 Å². The van der Waals surface area contributed by atoms with Crippen LogP contribution in [0.2, 0.25) is 5.02 Å². The number of nitrogens with two attached hydrogens (primary N) is 2. The Kier molecular flexibility index (Phi) is 20.5. The molecule has 1 fully saturated rings. The highest BCUT2D eigenvalue weighted by Crippen LogP contribution is 2.40. The number of carboxylic acid groups (broad SMARTS) is 3. The zero-order chi connectivity index (χ0) is 49.4. The largest absolute Gasteiger partial charge is 0.492 e. The molecule has 0 saturated carbocycles. The van der Waals surface area contributed by atoms with Crippen molar-refractivity contribution in [3.63, 3.8) is 0 Å². The third kappa shape index (κ3) is 15.8. The number of amides is 1. The van der Waals surface area contributed by atoms with Crippen LogP contribution in [0.3, 0.4) is 0 Å². The molecule has 0 bridgehead atoms. The van der Waals surface area contributed by atoms with Gasteiger partial charge in [-0.2, -0.15) is 36.9 Å². The van der Waals surface area contributed by atoms with Gasteiger partial charge in [-0.15, -0.1) is 11.3 Å². The van der Waals surface area contributed by atoms with Crippen LogP contribution in [0.1, 0.15) is 49.4 Å². The highest BCUT2D eigenvalue weighted by Gasteiger charge is 2.39. The quantitative estimate of drug-likeness (QED) is 0.0398. The number of nitriles is 2. The molecule has 0 radical (unpaired) electrons. The number of hydrogen-bond acceptors (Lipinski definition) is 14. The van der Waals surface area contributed by atoms with Crippen molar-refractivity contribution >= 4 is 64.3 Å². The second kappa shape index (κ2) is 24.9. The van der Waals surface area contributed by atoms with Gasteiger partial charge < -0.3 is 41.3 Å². The number of carbonyl (C=O) groups excluding carboxylic acids is 1. The molecule has 0 unspecified atom stereocenters. The molecule has 1 amide bonds. The molecule has 25 heteroatoms. The van der Waals surface area contributed by atoms with Crippen LogP contribution in [0.5, 0.6) is 5.75 Å². The lowest BCUT2D eigenvalue weighted by Gasteiger charge is -2.33. The van der Waals surface area contributed by atoms with Gasteiger partial charge in [0.05, 0.1) is 23.8 Å². The first kappa shape index (κ1) is 54.2. The van der Waals surface area contributed by atoms with E-state index in [1.807, 2.05) is 34.5 Å². The number of nitrogens with zero attached hydrogens (tertiary/aromatic N) is 6. The number of anilines is 1. The summed E-state index contributed by atoms with van der Waals surface area (Å²) < 4.78 is 69.4. The normalized spacial score (nSPS) is 12.9. The minimum Gasteiger partial charge on any atom is -0.492 e. The molecule has 66 heavy (non-hydrogen) atoms. The van der Waals surface area contributed by atoms with Crippen LogP contribution in [-0.4, -0.2) is 111 Å². The number of hydrogen-bond donors (Lipinski definition) is 5. The molecule has 4 aromatic rings. The second-order valence-corrected chi connectivity index (χ2v) is 16.0. The molecule has 1 aliphatic rings. The van der Waals surface area contributed by atoms with Gasteiger partial charge in [-0.25, -0.2) is 24.4 Å². The minimum absolute atomic E-state index is 0.0140. The summed E-state index contributed by atoms with van der Waals surface area (Å²) in [6, 6.07) is 17.2. The molecule has 3 heterocycles. The molecule has 1 saturated heterocycles. The number of pyridine rings is 1. The van der Waals surface area contributed by atoms with Crippen molar-refractivity contribution in [3.8, 4) is 39.6 Å². The van der Waals surface area contributed by atoms with E-state index in [0.717, 1.165) is 42.2 Å². The Morgan fingerprint density at radius 1 is 0.924 bits per heavy atom. The molecule has 354 valence electrons. The number of aromatic nitrogens is 2. The van der Waals surface area contributed by atoms with Crippen molar-refractivity contribution in [2.24, 2.45) is 11.5 Å². The molecule has 7 N–H and O–H groups in total. The summed E-state index contributed by atoms with van der Waals surface area (Å²) in [6.07, 6.45) is -7.39. The van der Waals surface area contributed by atoms with E-state index in [4.69, 9.17) is 57.6 Å². The van der Waals surface area contributed by atoms with Crippen LogP contribution in [0.15, 0.2) is 58.9 Å². The monoisotopic (exact) mass is 986 g/mol. The molecule has 2 atom stereocenters. The zero-order valence-corrected chi connectivity index (χ0v) is 37.0. The molecule has 2 aromatic heterocycles. The predicted molar refractivity (Wildman–Crippen MR) is 231 cm³/mol. The SMILES string of the molecule is C[C@@H](C(=O)O)N(CCOc1ccc(-c2c(C#N)c(SCc3csc(-c4ccc(Cl)cc4)n3)nc(N3CCC3)c2C#N)cc1)C(=O)[C@@H](N)CCCCN.O=C(O)C(F)(F)F.O=C(O)C(F)(F)F. The standard InChI is InChI=1S/C37H39ClN8O4S2.2C2HF3O2/c1-23(37(48)49)46(36(47)31(42)5-2-3-14-39)17-18-50-28-12-8-24(9-13-28)32-29(19-40)33(45-15-4-16-45)44-35(30(32)20-41)52-22-27-21-51-34(43-27)25-6-10-26(38)11-7-25;2*3-2(4,5)1(6)7/h6-13,21,23,31H,2-5,14-18,22,39,42H2,1H3,(H,48,49);2*(H,6,7)/t23-,31-;;/m0../s1. The molecule has 16 nitrogen and oxygen atoms in total. The van der Waals surface area contributed by atoms with Crippen LogP contribution in [0.4, 0.5) is 32.2 Å². The second-order valence-electron chi connectivity index (χ2n) is 13.8. The van der Waals surface area contributed by atoms with Gasteiger partial charge in [-0.05, 0) is 62.6 Å². The fourth-order valence-corrected chi connectivity index (χ4v) is 7.54. The molecule has 5 rings (SSSR count). The Hall–Kier alpha value is -6.18. The number of thiazole rings is 1. The molecular weight excluding hydrogens is 946 g/mol. The zero-order valence-electron chi connectivity index (χ0n) is 34.6. The van der Waals surface area contributed by atoms with Crippen LogP contribution in [0, 0.1) is 22.7 Å². The first-order valence-electron chi connectivity index (χ1n) is 19.3. The Morgan fingerprint density at radius 3 is 1.97 bits per heavy atom. The molecule has 0 spiro atoms. The molecule has 2 aromatic carbocycles. The van der Waals surface area contributed by atoms with E-state index in [9.17, 15) is 51.6 Å². The highest BCUT2D eigenvalue weighted by atomic mass is 35.5. The van der Waals surface area contributed by atoms with Crippen molar-refractivity contribution in [3.05, 3.63) is 75.8 Å².